The Kier molecular flexibility index (Phi) is 6.78. The standard InChI is InChI=1S/C24H25BFN3O8S/c1-5-15-10-28(6-7-34-15)20-17(26)8-16-19-21(20)27(4)9-14-11-38-23(29(14)19)18(22(16)32)24(33)37-25(35-12(2)30)36-13(3)31/h8,11,15H,5-7,9-10H2,1-4H3. The number of carbonyl (C=O) groups excluding carboxylic acids is 3. The van der Waals surface area contributed by atoms with Crippen LogP contribution in [0.3, 0.4) is 0 Å². The molecular formula is C24H25BFN3O8S. The van der Waals surface area contributed by atoms with Crippen LogP contribution in [-0.2, 0) is 34.8 Å². The number of pyridine rings is 1. The number of thiazole rings is 1. The zero-order chi connectivity index (χ0) is 27.3. The van der Waals surface area contributed by atoms with E-state index in [1.165, 1.54) is 0 Å². The van der Waals surface area contributed by atoms with Gasteiger partial charge >= 0.3 is 13.3 Å². The monoisotopic (exact) mass is 545 g/mol. The highest BCUT2D eigenvalue weighted by Crippen LogP contribution is 2.43. The third-order valence-electron chi connectivity index (χ3n) is 6.53. The first kappa shape index (κ1) is 26.0. The van der Waals surface area contributed by atoms with Crippen molar-refractivity contribution < 1.29 is 37.5 Å². The van der Waals surface area contributed by atoms with Gasteiger partial charge < -0.3 is 28.5 Å². The predicted molar refractivity (Wildman–Crippen MR) is 138 cm³/mol. The summed E-state index contributed by atoms with van der Waals surface area (Å²) < 4.78 is 38.0. The molecule has 0 spiro atoms. The molecule has 4 heterocycles. The van der Waals surface area contributed by atoms with E-state index in [1.54, 1.807) is 4.40 Å². The Labute approximate surface area is 220 Å². The van der Waals surface area contributed by atoms with E-state index < -0.39 is 36.5 Å². The lowest BCUT2D eigenvalue weighted by molar-refractivity contribution is -0.139. The maximum atomic E-state index is 15.8. The summed E-state index contributed by atoms with van der Waals surface area (Å²) >= 11 is 1.15. The van der Waals surface area contributed by atoms with Crippen molar-refractivity contribution in [2.24, 2.45) is 0 Å². The van der Waals surface area contributed by atoms with Gasteiger partial charge in [0.2, 0.25) is 5.43 Å². The molecule has 0 aliphatic carbocycles. The Morgan fingerprint density at radius 2 is 1.89 bits per heavy atom. The summed E-state index contributed by atoms with van der Waals surface area (Å²) in [5.74, 6) is -3.50. The minimum atomic E-state index is -1.98. The summed E-state index contributed by atoms with van der Waals surface area (Å²) in [5, 5.41) is 1.80. The molecular weight excluding hydrogens is 520 g/mol. The van der Waals surface area contributed by atoms with Crippen molar-refractivity contribution in [3.8, 4) is 0 Å². The smallest absolute Gasteiger partial charge is 0.462 e. The second kappa shape index (κ2) is 9.91. The third kappa shape index (κ3) is 4.37. The van der Waals surface area contributed by atoms with Crippen LogP contribution in [-0.4, -0.2) is 62.5 Å². The molecule has 0 saturated carbocycles. The summed E-state index contributed by atoms with van der Waals surface area (Å²) in [7, 11) is -0.147. The van der Waals surface area contributed by atoms with Crippen LogP contribution in [0.25, 0.3) is 15.7 Å². The number of rotatable bonds is 6. The predicted octanol–water partition coefficient (Wildman–Crippen LogP) is 2.49. The van der Waals surface area contributed by atoms with Gasteiger partial charge in [-0.2, -0.15) is 0 Å². The van der Waals surface area contributed by atoms with Crippen molar-refractivity contribution in [1.29, 1.82) is 0 Å². The van der Waals surface area contributed by atoms with Gasteiger partial charge in [0, 0.05) is 39.4 Å². The number of morpholine rings is 1. The van der Waals surface area contributed by atoms with Gasteiger partial charge in [-0.3, -0.25) is 18.8 Å². The molecule has 3 aromatic rings. The van der Waals surface area contributed by atoms with Gasteiger partial charge in [-0.25, -0.2) is 9.18 Å². The Bertz CT molecular complexity index is 1520. The third-order valence-corrected chi connectivity index (χ3v) is 7.53. The van der Waals surface area contributed by atoms with Crippen molar-refractivity contribution in [2.75, 3.05) is 36.5 Å². The van der Waals surface area contributed by atoms with Gasteiger partial charge in [0.25, 0.3) is 11.9 Å². The molecule has 0 bridgehead atoms. The summed E-state index contributed by atoms with van der Waals surface area (Å²) in [6.07, 6.45) is 0.738. The van der Waals surface area contributed by atoms with E-state index in [0.717, 1.165) is 43.4 Å². The molecule has 0 amide bonds. The van der Waals surface area contributed by atoms with Crippen LogP contribution in [0.1, 0.15) is 43.2 Å². The van der Waals surface area contributed by atoms with Crippen LogP contribution in [0, 0.1) is 5.82 Å². The van der Waals surface area contributed by atoms with Crippen LogP contribution in [0.15, 0.2) is 16.2 Å². The number of benzene rings is 1. The molecule has 0 N–H and O–H groups in total. The molecule has 1 atom stereocenters. The average Bonchev–Trinajstić information content (AvgIpc) is 3.26. The van der Waals surface area contributed by atoms with Crippen molar-refractivity contribution in [2.45, 2.75) is 39.8 Å². The molecule has 2 aliphatic heterocycles. The molecule has 2 aromatic heterocycles. The summed E-state index contributed by atoms with van der Waals surface area (Å²) in [4.78, 5) is 53.8. The largest absolute Gasteiger partial charge is 0.870 e. The van der Waals surface area contributed by atoms with Gasteiger partial charge in [0.1, 0.15) is 16.2 Å². The minimum Gasteiger partial charge on any atom is -0.462 e. The highest BCUT2D eigenvalue weighted by atomic mass is 32.1. The fourth-order valence-corrected chi connectivity index (χ4v) is 5.99. The fraction of sp³-hybridized carbons (Fsp3) is 0.417. The number of aromatic nitrogens is 1. The van der Waals surface area contributed by atoms with Crippen LogP contribution < -0.4 is 15.2 Å². The molecule has 14 heteroatoms. The van der Waals surface area contributed by atoms with Crippen LogP contribution >= 0.6 is 11.3 Å². The van der Waals surface area contributed by atoms with E-state index in [4.69, 9.17) is 18.7 Å². The molecule has 200 valence electrons. The zero-order valence-electron chi connectivity index (χ0n) is 21.2. The Morgan fingerprint density at radius 3 is 2.55 bits per heavy atom. The highest BCUT2D eigenvalue weighted by Gasteiger charge is 2.38. The first-order chi connectivity index (χ1) is 18.1. The number of carbonyl (C=O) groups is 3. The van der Waals surface area contributed by atoms with Gasteiger partial charge in [0.05, 0.1) is 47.2 Å². The summed E-state index contributed by atoms with van der Waals surface area (Å²) in [6.45, 7) is 5.95. The fourth-order valence-electron chi connectivity index (χ4n) is 4.95. The average molecular weight is 545 g/mol. The molecule has 2 aliphatic rings. The minimum absolute atomic E-state index is 0.00581. The summed E-state index contributed by atoms with van der Waals surface area (Å²) in [6, 6.07) is 1.15. The zero-order valence-corrected chi connectivity index (χ0v) is 22.1. The van der Waals surface area contributed by atoms with E-state index >= 15 is 4.39 Å². The van der Waals surface area contributed by atoms with Gasteiger partial charge in [-0.1, -0.05) is 6.92 Å². The number of anilines is 2. The highest BCUT2D eigenvalue weighted by molar-refractivity contribution is 7.16. The van der Waals surface area contributed by atoms with E-state index in [2.05, 4.69) is 0 Å². The molecule has 1 saturated heterocycles. The van der Waals surface area contributed by atoms with E-state index in [9.17, 15) is 19.2 Å². The van der Waals surface area contributed by atoms with Gasteiger partial charge in [-0.05, 0) is 12.5 Å². The Morgan fingerprint density at radius 1 is 1.18 bits per heavy atom. The lowest BCUT2D eigenvalue weighted by Crippen LogP contribution is -2.43. The first-order valence-corrected chi connectivity index (χ1v) is 12.9. The van der Waals surface area contributed by atoms with Crippen molar-refractivity contribution in [3.63, 3.8) is 0 Å². The van der Waals surface area contributed by atoms with Crippen LogP contribution in [0.5, 0.6) is 0 Å². The van der Waals surface area contributed by atoms with Crippen molar-refractivity contribution >= 4 is 63.7 Å². The van der Waals surface area contributed by atoms with Crippen molar-refractivity contribution in [3.05, 3.63) is 38.7 Å². The first-order valence-electron chi connectivity index (χ1n) is 12.0. The molecule has 1 fully saturated rings. The molecule has 11 nitrogen and oxygen atoms in total. The van der Waals surface area contributed by atoms with Crippen LogP contribution in [0.4, 0.5) is 15.8 Å². The number of nitrogens with zero attached hydrogens (tertiary/aromatic N) is 3. The van der Waals surface area contributed by atoms with Crippen molar-refractivity contribution in [1.82, 2.24) is 4.40 Å². The molecule has 1 aromatic carbocycles. The Balaban J connectivity index is 1.69. The molecule has 0 radical (unpaired) electrons. The van der Waals surface area contributed by atoms with E-state index in [0.29, 0.717) is 43.1 Å². The number of hydrogen-bond donors (Lipinski definition) is 0. The molecule has 5 rings (SSSR count). The summed E-state index contributed by atoms with van der Waals surface area (Å²) in [5.41, 5.74) is 1.08. The lowest BCUT2D eigenvalue weighted by Gasteiger charge is -2.38. The molecule has 1 unspecified atom stereocenters. The number of ether oxygens (including phenoxy) is 1. The van der Waals surface area contributed by atoms with Crippen LogP contribution in [0.2, 0.25) is 0 Å². The number of hydrogen-bond acceptors (Lipinski definition) is 11. The topological polar surface area (TPSA) is 116 Å². The Hall–Kier alpha value is -3.65. The normalized spacial score (nSPS) is 16.7. The number of halogens is 1. The molecule has 38 heavy (non-hydrogen) atoms. The maximum absolute atomic E-state index is 15.8. The van der Waals surface area contributed by atoms with E-state index in [-0.39, 0.29) is 21.9 Å². The van der Waals surface area contributed by atoms with E-state index in [1.807, 2.05) is 29.2 Å². The SMILES string of the molecule is CCC1CN(c2c(F)cc3c(=O)c(C(=O)OB(OC(C)=O)OC(C)=O)c4scc5n4c3c2N(C)C5)CCO1. The van der Waals surface area contributed by atoms with Gasteiger partial charge in [-0.15, -0.1) is 11.3 Å². The maximum Gasteiger partial charge on any atom is 0.870 e. The second-order valence-electron chi connectivity index (χ2n) is 9.14. The second-order valence-corrected chi connectivity index (χ2v) is 10.00. The lowest BCUT2D eigenvalue weighted by atomic mass is 10.0. The van der Waals surface area contributed by atoms with Gasteiger partial charge in [0.15, 0.2) is 0 Å². The quantitative estimate of drug-likeness (QED) is 0.428.